The molecule has 0 atom stereocenters. The molecule has 0 radical (unpaired) electrons. The van der Waals surface area contributed by atoms with E-state index in [9.17, 15) is 0 Å². The van der Waals surface area contributed by atoms with Gasteiger partial charge in [-0.15, -0.1) is 0 Å². The zero-order chi connectivity index (χ0) is 10.1. The molecule has 0 saturated carbocycles. The minimum absolute atomic E-state index is 0.364. The molecule has 0 aromatic heterocycles. The van der Waals surface area contributed by atoms with Crippen molar-refractivity contribution in [1.29, 1.82) is 0 Å². The maximum absolute atomic E-state index is 5.45. The highest BCUT2D eigenvalue weighted by atomic mass is 28.2. The third-order valence-electron chi connectivity index (χ3n) is 1.42. The van der Waals surface area contributed by atoms with E-state index in [-0.39, 0.29) is 9.52 Å². The molecular formula is C9H20O3Si. The third kappa shape index (κ3) is 4.82. The van der Waals surface area contributed by atoms with E-state index in [0.29, 0.717) is 25.8 Å². The molecule has 0 rings (SSSR count). The Hall–Kier alpha value is -0.643. The van der Waals surface area contributed by atoms with Crippen molar-refractivity contribution in [3.8, 4) is 0 Å². The first kappa shape index (κ1) is 12.4. The van der Waals surface area contributed by atoms with Crippen LogP contribution in [0.15, 0.2) is 11.3 Å². The van der Waals surface area contributed by atoms with Gasteiger partial charge in [-0.3, -0.25) is 0 Å². The average molecular weight is 204 g/mol. The van der Waals surface area contributed by atoms with Crippen molar-refractivity contribution in [1.82, 2.24) is 0 Å². The zero-order valence-corrected chi connectivity index (χ0v) is 10.5. The Labute approximate surface area is 82.9 Å². The van der Waals surface area contributed by atoms with E-state index in [1.165, 1.54) is 0 Å². The first-order chi connectivity index (χ1) is 6.29. The molecule has 0 amide bonds. The Morgan fingerprint density at radius 2 is 1.38 bits per heavy atom. The Kier molecular flexibility index (Phi) is 7.58. The van der Waals surface area contributed by atoms with Crippen molar-refractivity contribution in [2.24, 2.45) is 0 Å². The molecule has 0 unspecified atom stereocenters. The molecule has 78 valence electrons. The van der Waals surface area contributed by atoms with Crippen LogP contribution in [0.3, 0.4) is 0 Å². The lowest BCUT2D eigenvalue weighted by Gasteiger charge is -2.14. The quantitative estimate of drug-likeness (QED) is 0.464. The van der Waals surface area contributed by atoms with Gasteiger partial charge in [0.1, 0.15) is 14.9 Å². The number of hydrogen-bond acceptors (Lipinski definition) is 3. The fourth-order valence-corrected chi connectivity index (χ4v) is 1.85. The normalized spacial score (nSPS) is 10.2. The molecule has 0 aromatic carbocycles. The predicted octanol–water partition coefficient (Wildman–Crippen LogP) is 1.44. The lowest BCUT2D eigenvalue weighted by molar-refractivity contribution is 0.0285. The topological polar surface area (TPSA) is 27.7 Å². The van der Waals surface area contributed by atoms with Crippen LogP contribution in [0.1, 0.15) is 20.8 Å². The van der Waals surface area contributed by atoms with Gasteiger partial charge in [-0.1, -0.05) is 6.55 Å². The van der Waals surface area contributed by atoms with Crippen LogP contribution in [-0.2, 0) is 14.2 Å². The monoisotopic (exact) mass is 204 g/mol. The Morgan fingerprint density at radius 3 is 1.69 bits per heavy atom. The second-order valence-electron chi connectivity index (χ2n) is 2.36. The molecule has 0 bridgehead atoms. The summed E-state index contributed by atoms with van der Waals surface area (Å²) in [6.45, 7) is 9.95. The van der Waals surface area contributed by atoms with Crippen molar-refractivity contribution < 1.29 is 14.2 Å². The van der Waals surface area contributed by atoms with Crippen molar-refractivity contribution in [3.63, 3.8) is 0 Å². The summed E-state index contributed by atoms with van der Waals surface area (Å²) in [5.41, 5.74) is 0. The minimum Gasteiger partial charge on any atom is -0.497 e. The SMILES string of the molecule is CCOC(OCC)=C(OCC)[SiH2]C. The van der Waals surface area contributed by atoms with Gasteiger partial charge < -0.3 is 14.2 Å². The van der Waals surface area contributed by atoms with Gasteiger partial charge in [0.2, 0.25) is 0 Å². The van der Waals surface area contributed by atoms with E-state index >= 15 is 0 Å². The second kappa shape index (κ2) is 7.98. The molecular weight excluding hydrogens is 184 g/mol. The first-order valence-corrected chi connectivity index (χ1v) is 7.03. The van der Waals surface area contributed by atoms with E-state index in [0.717, 1.165) is 5.38 Å². The first-order valence-electron chi connectivity index (χ1n) is 4.91. The van der Waals surface area contributed by atoms with E-state index in [1.807, 2.05) is 20.8 Å². The summed E-state index contributed by atoms with van der Waals surface area (Å²) in [5.74, 6) is 0.598. The fourth-order valence-electron chi connectivity index (χ4n) is 0.944. The number of hydrogen-bond donors (Lipinski definition) is 0. The molecule has 0 heterocycles. The Bertz CT molecular complexity index is 149. The Morgan fingerprint density at radius 1 is 0.923 bits per heavy atom. The van der Waals surface area contributed by atoms with Gasteiger partial charge in [0.05, 0.1) is 19.8 Å². The van der Waals surface area contributed by atoms with Crippen LogP contribution in [0.5, 0.6) is 0 Å². The summed E-state index contributed by atoms with van der Waals surface area (Å²) in [4.78, 5) is 0. The zero-order valence-electron chi connectivity index (χ0n) is 9.05. The van der Waals surface area contributed by atoms with E-state index in [1.54, 1.807) is 0 Å². The van der Waals surface area contributed by atoms with E-state index in [4.69, 9.17) is 14.2 Å². The van der Waals surface area contributed by atoms with E-state index in [2.05, 4.69) is 6.55 Å². The highest BCUT2D eigenvalue weighted by molar-refractivity contribution is 6.42. The second-order valence-corrected chi connectivity index (χ2v) is 3.71. The van der Waals surface area contributed by atoms with Gasteiger partial charge in [0.25, 0.3) is 0 Å². The van der Waals surface area contributed by atoms with Gasteiger partial charge in [-0.25, -0.2) is 0 Å². The van der Waals surface area contributed by atoms with Gasteiger partial charge in [0.15, 0.2) is 0 Å². The van der Waals surface area contributed by atoms with Crippen LogP contribution in [0, 0.1) is 0 Å². The maximum Gasteiger partial charge on any atom is 0.312 e. The van der Waals surface area contributed by atoms with Gasteiger partial charge in [-0.05, 0) is 20.8 Å². The summed E-state index contributed by atoms with van der Waals surface area (Å²) in [5, 5.41) is 0.936. The molecule has 0 N–H and O–H groups in total. The molecule has 3 nitrogen and oxygen atoms in total. The molecule has 13 heavy (non-hydrogen) atoms. The lowest BCUT2D eigenvalue weighted by Crippen LogP contribution is -2.08. The predicted molar refractivity (Wildman–Crippen MR) is 56.3 cm³/mol. The van der Waals surface area contributed by atoms with Crippen LogP contribution < -0.4 is 0 Å². The largest absolute Gasteiger partial charge is 0.497 e. The molecule has 0 saturated heterocycles. The highest BCUT2D eigenvalue weighted by Gasteiger charge is 2.08. The standard InChI is InChI=1S/C9H20O3Si/c1-5-10-8(11-6-2)9(13-4)12-7-3/h5-7,13H2,1-4H3. The highest BCUT2D eigenvalue weighted by Crippen LogP contribution is 2.08. The Balaban J connectivity index is 4.35. The summed E-state index contributed by atoms with van der Waals surface area (Å²) in [7, 11) is -0.364. The van der Waals surface area contributed by atoms with Crippen molar-refractivity contribution in [3.05, 3.63) is 11.3 Å². The molecule has 0 aliphatic heterocycles. The summed E-state index contributed by atoms with van der Waals surface area (Å²) in [6.07, 6.45) is 0. The van der Waals surface area contributed by atoms with Crippen molar-refractivity contribution in [2.45, 2.75) is 27.3 Å². The molecule has 4 heteroatoms. The molecule has 0 aromatic rings. The van der Waals surface area contributed by atoms with Gasteiger partial charge in [0, 0.05) is 0 Å². The molecule has 0 aliphatic rings. The van der Waals surface area contributed by atoms with Crippen LogP contribution in [0.25, 0.3) is 0 Å². The maximum atomic E-state index is 5.45. The minimum atomic E-state index is -0.364. The van der Waals surface area contributed by atoms with Crippen LogP contribution in [-0.4, -0.2) is 29.3 Å². The smallest absolute Gasteiger partial charge is 0.312 e. The summed E-state index contributed by atoms with van der Waals surface area (Å²) >= 11 is 0. The lowest BCUT2D eigenvalue weighted by atomic mass is 10.8. The van der Waals surface area contributed by atoms with Crippen LogP contribution >= 0.6 is 0 Å². The van der Waals surface area contributed by atoms with Gasteiger partial charge >= 0.3 is 5.95 Å². The van der Waals surface area contributed by atoms with Crippen molar-refractivity contribution >= 4 is 9.52 Å². The van der Waals surface area contributed by atoms with E-state index < -0.39 is 0 Å². The van der Waals surface area contributed by atoms with Crippen molar-refractivity contribution in [2.75, 3.05) is 19.8 Å². The molecule has 0 fully saturated rings. The summed E-state index contributed by atoms with van der Waals surface area (Å²) < 4.78 is 16.2. The number of rotatable bonds is 7. The van der Waals surface area contributed by atoms with Crippen LogP contribution in [0.2, 0.25) is 6.55 Å². The summed E-state index contributed by atoms with van der Waals surface area (Å²) in [6, 6.07) is 0. The third-order valence-corrected chi connectivity index (χ3v) is 2.55. The van der Waals surface area contributed by atoms with Crippen LogP contribution in [0.4, 0.5) is 0 Å². The average Bonchev–Trinajstić information content (AvgIpc) is 2.14. The fraction of sp³-hybridized carbons (Fsp3) is 0.778. The van der Waals surface area contributed by atoms with Gasteiger partial charge in [-0.2, -0.15) is 0 Å². The molecule has 0 aliphatic carbocycles. The molecule has 0 spiro atoms. The number of ether oxygens (including phenoxy) is 3.